The van der Waals surface area contributed by atoms with Gasteiger partial charge in [-0.1, -0.05) is 187 Å². The third-order valence-electron chi connectivity index (χ3n) is 11.2. The summed E-state index contributed by atoms with van der Waals surface area (Å²) >= 11 is 0. The molecule has 0 radical (unpaired) electrons. The number of carbonyl (C=O) groups is 3. The van der Waals surface area contributed by atoms with Gasteiger partial charge in [-0.15, -0.1) is 0 Å². The van der Waals surface area contributed by atoms with Crippen molar-refractivity contribution in [2.24, 2.45) is 0 Å². The Balaban J connectivity index is 4.27. The Morgan fingerprint density at radius 1 is 0.509 bits per heavy atom. The second-order valence-corrected chi connectivity index (χ2v) is 17.7. The molecule has 0 saturated carbocycles. The minimum absolute atomic E-state index is 0.0432. The van der Waals surface area contributed by atoms with Gasteiger partial charge in [-0.25, -0.2) is 0 Å². The molecule has 0 aromatic rings. The summed E-state index contributed by atoms with van der Waals surface area (Å²) < 4.78 is 17.2. The van der Waals surface area contributed by atoms with E-state index in [2.05, 4.69) is 26.0 Å². The van der Waals surface area contributed by atoms with Crippen LogP contribution >= 0.6 is 0 Å². The van der Waals surface area contributed by atoms with Crippen LogP contribution < -0.4 is 5.11 Å². The van der Waals surface area contributed by atoms with Crippen LogP contribution in [0.4, 0.5) is 0 Å². The van der Waals surface area contributed by atoms with E-state index in [0.717, 1.165) is 51.4 Å². The topological polar surface area (TPSA) is 102 Å². The summed E-state index contributed by atoms with van der Waals surface area (Å²) in [6, 6.07) is -0.723. The molecule has 2 atom stereocenters. The Kier molecular flexibility index (Phi) is 39.4. The minimum atomic E-state index is -1.12. The average Bonchev–Trinajstić information content (AvgIpc) is 3.17. The Morgan fingerprint density at radius 3 is 1.26 bits per heavy atom. The van der Waals surface area contributed by atoms with Gasteiger partial charge in [0.05, 0.1) is 40.3 Å². The molecule has 57 heavy (non-hydrogen) atoms. The molecule has 0 rings (SSSR count). The number of rotatable bonds is 44. The predicted molar refractivity (Wildman–Crippen MR) is 236 cm³/mol. The van der Waals surface area contributed by atoms with Crippen molar-refractivity contribution in [3.8, 4) is 0 Å². The van der Waals surface area contributed by atoms with Gasteiger partial charge in [0.2, 0.25) is 0 Å². The van der Waals surface area contributed by atoms with Crippen molar-refractivity contribution in [2.45, 2.75) is 244 Å². The second kappa shape index (κ2) is 40.8. The van der Waals surface area contributed by atoms with Gasteiger partial charge >= 0.3 is 11.9 Å². The zero-order valence-corrected chi connectivity index (χ0v) is 38.3. The molecule has 0 amide bonds. The van der Waals surface area contributed by atoms with Gasteiger partial charge in [0.15, 0.2) is 6.10 Å². The number of carboxylic acid groups (broad SMARTS) is 1. The highest BCUT2D eigenvalue weighted by Crippen LogP contribution is 2.16. The van der Waals surface area contributed by atoms with Gasteiger partial charge in [-0.2, -0.15) is 0 Å². The lowest BCUT2D eigenvalue weighted by Crippen LogP contribution is -2.55. The number of ether oxygens (including phenoxy) is 3. The maximum absolute atomic E-state index is 12.7. The van der Waals surface area contributed by atoms with Crippen LogP contribution in [0.5, 0.6) is 0 Å². The van der Waals surface area contributed by atoms with Crippen LogP contribution in [0.25, 0.3) is 0 Å². The van der Waals surface area contributed by atoms with Crippen molar-refractivity contribution in [1.29, 1.82) is 0 Å². The molecule has 0 heterocycles. The number of allylic oxidation sites excluding steroid dienone is 2. The number of hydrogen-bond donors (Lipinski definition) is 0. The molecule has 0 saturated heterocycles. The third-order valence-corrected chi connectivity index (χ3v) is 11.2. The number of quaternary nitrogens is 1. The second-order valence-electron chi connectivity index (χ2n) is 17.7. The van der Waals surface area contributed by atoms with Crippen LogP contribution in [0.15, 0.2) is 12.2 Å². The fourth-order valence-electron chi connectivity index (χ4n) is 7.36. The molecule has 0 aromatic carbocycles. The first-order valence-electron chi connectivity index (χ1n) is 24.2. The van der Waals surface area contributed by atoms with E-state index in [-0.39, 0.29) is 42.7 Å². The Bertz CT molecular complexity index is 947. The van der Waals surface area contributed by atoms with E-state index in [1.165, 1.54) is 148 Å². The summed E-state index contributed by atoms with van der Waals surface area (Å²) in [7, 11) is 5.42. The highest BCUT2D eigenvalue weighted by Gasteiger charge is 2.25. The maximum atomic E-state index is 12.7. The average molecular weight is 808 g/mol. The number of carbonyl (C=O) groups excluding carboxylic acids is 3. The molecule has 0 aliphatic rings. The molecule has 8 heteroatoms. The summed E-state index contributed by atoms with van der Waals surface area (Å²) in [5, 5.41) is 11.6. The Morgan fingerprint density at radius 2 is 0.877 bits per heavy atom. The van der Waals surface area contributed by atoms with E-state index in [0.29, 0.717) is 12.8 Å². The Labute approximate surface area is 352 Å². The van der Waals surface area contributed by atoms with Crippen molar-refractivity contribution in [3.05, 3.63) is 12.2 Å². The van der Waals surface area contributed by atoms with Crippen molar-refractivity contribution >= 4 is 17.9 Å². The summed E-state index contributed by atoms with van der Waals surface area (Å²) in [6.45, 7) is 4.69. The first kappa shape index (κ1) is 55.1. The van der Waals surface area contributed by atoms with Crippen LogP contribution in [0.2, 0.25) is 0 Å². The third kappa shape index (κ3) is 39.3. The van der Waals surface area contributed by atoms with Crippen LogP contribution in [-0.4, -0.2) is 75.5 Å². The normalized spacial score (nSPS) is 12.9. The van der Waals surface area contributed by atoms with E-state index < -0.39 is 18.1 Å². The van der Waals surface area contributed by atoms with E-state index in [9.17, 15) is 19.5 Å². The molecule has 336 valence electrons. The first-order chi connectivity index (χ1) is 27.6. The molecule has 2 unspecified atom stereocenters. The molecule has 0 spiro atoms. The molecular formula is C49H93NO7. The Hall–Kier alpha value is -1.93. The van der Waals surface area contributed by atoms with Gasteiger partial charge < -0.3 is 28.6 Å². The first-order valence-corrected chi connectivity index (χ1v) is 24.2. The zero-order chi connectivity index (χ0) is 42.1. The van der Waals surface area contributed by atoms with E-state index in [1.54, 1.807) is 21.1 Å². The fraction of sp³-hybridized carbons (Fsp3) is 0.898. The highest BCUT2D eigenvalue weighted by molar-refractivity contribution is 5.70. The SMILES string of the molecule is CCCCCCCCC/C=C\CCCCCCCC(=O)OC(COCCC(C(=O)[O-])[N+](C)(C)C)COC(=O)CCCCCCCCCCCCCCCCCCC. The predicted octanol–water partition coefficient (Wildman–Crippen LogP) is 12.1. The van der Waals surface area contributed by atoms with Crippen molar-refractivity contribution in [2.75, 3.05) is 41.0 Å². The zero-order valence-electron chi connectivity index (χ0n) is 38.3. The van der Waals surface area contributed by atoms with Crippen LogP contribution in [0, 0.1) is 0 Å². The molecule has 0 fully saturated rings. The number of nitrogens with zero attached hydrogens (tertiary/aromatic N) is 1. The fourth-order valence-corrected chi connectivity index (χ4v) is 7.36. The number of aliphatic carboxylic acids is 1. The molecular weight excluding hydrogens is 715 g/mol. The standard InChI is InChI=1S/C49H93NO7/c1-6-8-10-12-14-16-18-20-22-24-26-27-29-31-33-35-37-39-47(51)56-44-45(43-55-42-41-46(49(53)54)50(3,4)5)57-48(52)40-38-36-34-32-30-28-25-23-21-19-17-15-13-11-9-7-2/h23,25,45-46H,6-22,24,26-44H2,1-5H3/b25-23-. The number of unbranched alkanes of at least 4 members (excludes halogenated alkanes) is 28. The van der Waals surface area contributed by atoms with Crippen molar-refractivity contribution < 1.29 is 38.2 Å². The summed E-state index contributed by atoms with van der Waals surface area (Å²) in [6.07, 6.45) is 43.7. The lowest BCUT2D eigenvalue weighted by molar-refractivity contribution is -0.889. The number of carboxylic acids is 1. The lowest BCUT2D eigenvalue weighted by atomic mass is 10.0. The largest absolute Gasteiger partial charge is 0.544 e. The van der Waals surface area contributed by atoms with Gasteiger partial charge in [-0.3, -0.25) is 9.59 Å². The minimum Gasteiger partial charge on any atom is -0.544 e. The van der Waals surface area contributed by atoms with Gasteiger partial charge in [-0.05, 0) is 38.5 Å². The molecule has 0 N–H and O–H groups in total. The number of esters is 2. The van der Waals surface area contributed by atoms with Crippen molar-refractivity contribution in [3.63, 3.8) is 0 Å². The molecule has 0 aromatic heterocycles. The number of likely N-dealkylation sites (N-methyl/N-ethyl adjacent to an activating group) is 1. The van der Waals surface area contributed by atoms with Gasteiger partial charge in [0.1, 0.15) is 12.6 Å². The summed E-state index contributed by atoms with van der Waals surface area (Å²) in [5.41, 5.74) is 0. The highest BCUT2D eigenvalue weighted by atomic mass is 16.6. The van der Waals surface area contributed by atoms with E-state index in [4.69, 9.17) is 14.2 Å². The molecule has 0 aliphatic carbocycles. The van der Waals surface area contributed by atoms with Crippen molar-refractivity contribution in [1.82, 2.24) is 0 Å². The summed E-state index contributed by atoms with van der Waals surface area (Å²) in [5.74, 6) is -1.73. The lowest BCUT2D eigenvalue weighted by Gasteiger charge is -2.34. The van der Waals surface area contributed by atoms with E-state index >= 15 is 0 Å². The van der Waals surface area contributed by atoms with Gasteiger partial charge in [0.25, 0.3) is 0 Å². The number of hydrogen-bond acceptors (Lipinski definition) is 7. The van der Waals surface area contributed by atoms with Gasteiger partial charge in [0, 0.05) is 19.3 Å². The molecule has 8 nitrogen and oxygen atoms in total. The monoisotopic (exact) mass is 808 g/mol. The maximum Gasteiger partial charge on any atom is 0.306 e. The molecule has 0 aliphatic heterocycles. The van der Waals surface area contributed by atoms with Crippen LogP contribution in [0.1, 0.15) is 232 Å². The summed E-state index contributed by atoms with van der Waals surface area (Å²) in [4.78, 5) is 36.9. The van der Waals surface area contributed by atoms with Crippen LogP contribution in [0.3, 0.4) is 0 Å². The smallest absolute Gasteiger partial charge is 0.306 e. The molecule has 0 bridgehead atoms. The quantitative estimate of drug-likeness (QED) is 0.0261. The van der Waals surface area contributed by atoms with Crippen LogP contribution in [-0.2, 0) is 28.6 Å². The van der Waals surface area contributed by atoms with E-state index in [1.807, 2.05) is 0 Å².